The van der Waals surface area contributed by atoms with Gasteiger partial charge in [0.1, 0.15) is 10.6 Å². The molecule has 7 heteroatoms. The van der Waals surface area contributed by atoms with E-state index in [1.807, 2.05) is 6.07 Å². The number of ether oxygens (including phenoxy) is 1. The van der Waals surface area contributed by atoms with Crippen LogP contribution in [0.3, 0.4) is 0 Å². The molecule has 0 saturated carbocycles. The van der Waals surface area contributed by atoms with Gasteiger partial charge in [0.15, 0.2) is 12.4 Å². The van der Waals surface area contributed by atoms with Gasteiger partial charge >= 0.3 is 5.97 Å². The van der Waals surface area contributed by atoms with Crippen LogP contribution in [0.4, 0.5) is 5.82 Å². The summed E-state index contributed by atoms with van der Waals surface area (Å²) in [5.41, 5.74) is 1.26. The lowest BCUT2D eigenvalue weighted by atomic mass is 9.87. The van der Waals surface area contributed by atoms with Crippen LogP contribution < -0.4 is 5.32 Å². The van der Waals surface area contributed by atoms with Gasteiger partial charge in [0, 0.05) is 10.9 Å². The number of hydrogen-bond donors (Lipinski definition) is 1. The highest BCUT2D eigenvalue weighted by molar-refractivity contribution is 7.14. The number of nitrogens with one attached hydrogen (secondary N) is 1. The highest BCUT2D eigenvalue weighted by Crippen LogP contribution is 2.33. The van der Waals surface area contributed by atoms with Gasteiger partial charge in [0.2, 0.25) is 0 Å². The van der Waals surface area contributed by atoms with E-state index >= 15 is 0 Å². The Hall–Kier alpha value is -2.15. The minimum atomic E-state index is -0.450. The van der Waals surface area contributed by atoms with Gasteiger partial charge in [0.25, 0.3) is 5.91 Å². The molecule has 1 aliphatic carbocycles. The summed E-state index contributed by atoms with van der Waals surface area (Å²) in [7, 11) is 0. The summed E-state index contributed by atoms with van der Waals surface area (Å²) < 4.78 is 9.95. The Kier molecular flexibility index (Phi) is 4.99. The molecule has 1 aliphatic rings. The zero-order valence-corrected chi connectivity index (χ0v) is 14.6. The molecule has 1 amide bonds. The summed E-state index contributed by atoms with van der Waals surface area (Å²) in [6.07, 6.45) is 4.40. The van der Waals surface area contributed by atoms with Crippen LogP contribution in [-0.2, 0) is 22.4 Å². The SMILES string of the molecule is CCC1CCc2sc(C(=O)OCC(=O)Nc3cc(C)on3)cc2C1. The van der Waals surface area contributed by atoms with Crippen LogP contribution in [0.5, 0.6) is 0 Å². The second kappa shape index (κ2) is 7.17. The third-order valence-electron chi connectivity index (χ3n) is 4.19. The van der Waals surface area contributed by atoms with E-state index in [1.165, 1.54) is 28.2 Å². The average Bonchev–Trinajstić information content (AvgIpc) is 3.17. The first kappa shape index (κ1) is 16.7. The smallest absolute Gasteiger partial charge is 0.348 e. The van der Waals surface area contributed by atoms with Crippen molar-refractivity contribution in [2.45, 2.75) is 39.5 Å². The van der Waals surface area contributed by atoms with E-state index in [0.29, 0.717) is 22.4 Å². The van der Waals surface area contributed by atoms with E-state index in [0.717, 1.165) is 19.3 Å². The van der Waals surface area contributed by atoms with Crippen LogP contribution in [0.15, 0.2) is 16.7 Å². The topological polar surface area (TPSA) is 81.4 Å². The van der Waals surface area contributed by atoms with Crippen molar-refractivity contribution in [2.75, 3.05) is 11.9 Å². The normalized spacial score (nSPS) is 16.5. The molecular formula is C17H20N2O4S. The fourth-order valence-electron chi connectivity index (χ4n) is 2.85. The molecule has 2 aromatic heterocycles. The fourth-order valence-corrected chi connectivity index (χ4v) is 3.96. The van der Waals surface area contributed by atoms with Crippen molar-refractivity contribution in [2.24, 2.45) is 5.92 Å². The van der Waals surface area contributed by atoms with Crippen molar-refractivity contribution in [3.05, 3.63) is 33.2 Å². The maximum absolute atomic E-state index is 12.1. The number of hydrogen-bond acceptors (Lipinski definition) is 6. The van der Waals surface area contributed by atoms with Gasteiger partial charge in [-0.2, -0.15) is 0 Å². The van der Waals surface area contributed by atoms with Crippen molar-refractivity contribution in [1.82, 2.24) is 5.16 Å². The number of aryl methyl sites for hydroxylation is 2. The molecule has 0 aliphatic heterocycles. The number of esters is 1. The predicted molar refractivity (Wildman–Crippen MR) is 90.3 cm³/mol. The molecule has 0 aromatic carbocycles. The second-order valence-electron chi connectivity index (χ2n) is 6.02. The molecule has 1 unspecified atom stereocenters. The van der Waals surface area contributed by atoms with E-state index in [2.05, 4.69) is 17.4 Å². The fraction of sp³-hybridized carbons (Fsp3) is 0.471. The molecular weight excluding hydrogens is 328 g/mol. The van der Waals surface area contributed by atoms with Gasteiger partial charge < -0.3 is 14.6 Å². The number of nitrogens with zero attached hydrogens (tertiary/aromatic N) is 1. The van der Waals surface area contributed by atoms with Gasteiger partial charge in [-0.1, -0.05) is 18.5 Å². The van der Waals surface area contributed by atoms with Crippen molar-refractivity contribution < 1.29 is 18.8 Å². The number of aromatic nitrogens is 1. The second-order valence-corrected chi connectivity index (χ2v) is 7.16. The van der Waals surface area contributed by atoms with Gasteiger partial charge in [-0.25, -0.2) is 4.79 Å². The van der Waals surface area contributed by atoms with E-state index in [9.17, 15) is 9.59 Å². The summed E-state index contributed by atoms with van der Waals surface area (Å²) in [6, 6.07) is 3.51. The maximum atomic E-state index is 12.1. The third kappa shape index (κ3) is 3.84. The third-order valence-corrected chi connectivity index (χ3v) is 5.41. The number of carbonyl (C=O) groups excluding carboxylic acids is 2. The van der Waals surface area contributed by atoms with E-state index < -0.39 is 11.9 Å². The van der Waals surface area contributed by atoms with Crippen molar-refractivity contribution in [1.29, 1.82) is 0 Å². The molecule has 0 spiro atoms. The van der Waals surface area contributed by atoms with Crippen molar-refractivity contribution in [3.8, 4) is 0 Å². The molecule has 0 saturated heterocycles. The summed E-state index contributed by atoms with van der Waals surface area (Å²) in [4.78, 5) is 25.8. The molecule has 0 fully saturated rings. The number of anilines is 1. The quantitative estimate of drug-likeness (QED) is 0.838. The molecule has 2 heterocycles. The molecule has 0 bridgehead atoms. The first-order valence-electron chi connectivity index (χ1n) is 8.07. The largest absolute Gasteiger partial charge is 0.451 e. The van der Waals surface area contributed by atoms with Crippen molar-refractivity contribution in [3.63, 3.8) is 0 Å². The lowest BCUT2D eigenvalue weighted by Crippen LogP contribution is -2.20. The number of fused-ring (bicyclic) bond motifs is 1. The molecule has 2 aromatic rings. The zero-order chi connectivity index (χ0) is 17.1. The minimum Gasteiger partial charge on any atom is -0.451 e. The van der Waals surface area contributed by atoms with Gasteiger partial charge in [-0.05, 0) is 43.7 Å². The van der Waals surface area contributed by atoms with Gasteiger partial charge in [0.05, 0.1) is 0 Å². The number of amides is 1. The lowest BCUT2D eigenvalue weighted by molar-refractivity contribution is -0.119. The van der Waals surface area contributed by atoms with Crippen LogP contribution in [-0.4, -0.2) is 23.6 Å². The Morgan fingerprint density at radius 3 is 3.00 bits per heavy atom. The standard InChI is InChI=1S/C17H20N2O4S/c1-3-11-4-5-13-12(7-11)8-14(24-13)17(21)22-9-16(20)18-15-6-10(2)23-19-15/h6,8,11H,3-5,7,9H2,1-2H3,(H,18,19,20). The van der Waals surface area contributed by atoms with Crippen LogP contribution in [0.25, 0.3) is 0 Å². The van der Waals surface area contributed by atoms with Crippen LogP contribution in [0.1, 0.15) is 45.6 Å². The molecule has 3 rings (SSSR count). The summed E-state index contributed by atoms with van der Waals surface area (Å²) in [5.74, 6) is 0.716. The molecule has 24 heavy (non-hydrogen) atoms. The number of carbonyl (C=O) groups is 2. The monoisotopic (exact) mass is 348 g/mol. The van der Waals surface area contributed by atoms with Crippen LogP contribution in [0, 0.1) is 12.8 Å². The Morgan fingerprint density at radius 2 is 2.29 bits per heavy atom. The minimum absolute atomic E-state index is 0.311. The van der Waals surface area contributed by atoms with Crippen LogP contribution in [0.2, 0.25) is 0 Å². The number of thiophene rings is 1. The summed E-state index contributed by atoms with van der Waals surface area (Å²) in [6.45, 7) is 3.58. The molecule has 1 atom stereocenters. The van der Waals surface area contributed by atoms with E-state index in [4.69, 9.17) is 9.26 Å². The average molecular weight is 348 g/mol. The summed E-state index contributed by atoms with van der Waals surface area (Å²) >= 11 is 1.48. The number of rotatable bonds is 5. The van der Waals surface area contributed by atoms with E-state index in [-0.39, 0.29) is 6.61 Å². The van der Waals surface area contributed by atoms with Gasteiger partial charge in [-0.3, -0.25) is 4.79 Å². The molecule has 6 nitrogen and oxygen atoms in total. The maximum Gasteiger partial charge on any atom is 0.348 e. The first-order valence-corrected chi connectivity index (χ1v) is 8.88. The predicted octanol–water partition coefficient (Wildman–Crippen LogP) is 3.35. The Bertz CT molecular complexity index is 750. The highest BCUT2D eigenvalue weighted by atomic mass is 32.1. The zero-order valence-electron chi connectivity index (χ0n) is 13.8. The van der Waals surface area contributed by atoms with Gasteiger partial charge in [-0.15, -0.1) is 11.3 Å². The van der Waals surface area contributed by atoms with Crippen LogP contribution >= 0.6 is 11.3 Å². The van der Waals surface area contributed by atoms with E-state index in [1.54, 1.807) is 13.0 Å². The Labute approximate surface area is 144 Å². The molecule has 0 radical (unpaired) electrons. The Balaban J connectivity index is 1.54. The van der Waals surface area contributed by atoms with Crippen molar-refractivity contribution >= 4 is 29.0 Å². The first-order chi connectivity index (χ1) is 11.5. The highest BCUT2D eigenvalue weighted by Gasteiger charge is 2.23. The molecule has 128 valence electrons. The molecule has 1 N–H and O–H groups in total. The Morgan fingerprint density at radius 1 is 1.46 bits per heavy atom. The lowest BCUT2D eigenvalue weighted by Gasteiger charge is -2.19. The summed E-state index contributed by atoms with van der Waals surface area (Å²) in [5, 5.41) is 6.17.